The summed E-state index contributed by atoms with van der Waals surface area (Å²) in [4.78, 5) is 27.3. The zero-order valence-corrected chi connectivity index (χ0v) is 24.2. The number of likely N-dealkylation sites (N-methyl/N-ethyl adjacent to an activating group) is 1. The number of nitrogens with zero attached hydrogens (tertiary/aromatic N) is 2. The lowest BCUT2D eigenvalue weighted by Crippen LogP contribution is -2.30. The van der Waals surface area contributed by atoms with E-state index in [1.807, 2.05) is 12.1 Å². The Kier molecular flexibility index (Phi) is 12.7. The van der Waals surface area contributed by atoms with Gasteiger partial charge in [0.05, 0.1) is 21.5 Å². The van der Waals surface area contributed by atoms with E-state index in [0.29, 0.717) is 25.9 Å². The molecule has 1 heterocycles. The third-order valence-electron chi connectivity index (χ3n) is 5.69. The summed E-state index contributed by atoms with van der Waals surface area (Å²) < 4.78 is 56.6. The number of rotatable bonds is 11. The largest absolute Gasteiger partial charge is 0.505 e. The number of sulfone groups is 1. The number of alkyl halides is 3. The number of carboxylic acids is 1. The predicted molar refractivity (Wildman–Crippen MR) is 148 cm³/mol. The Morgan fingerprint density at radius 3 is 2.24 bits per heavy atom. The Balaban J connectivity index is 0.000000745. The number of aliphatic carboxylic acids is 1. The van der Waals surface area contributed by atoms with Crippen molar-refractivity contribution < 1.29 is 41.4 Å². The molecule has 0 radical (unpaired) electrons. The lowest BCUT2D eigenvalue weighted by molar-refractivity contribution is -0.192. The number of benzene rings is 2. The molecule has 41 heavy (non-hydrogen) atoms. The molecule has 0 saturated carbocycles. The molecule has 226 valence electrons. The lowest BCUT2D eigenvalue weighted by Gasteiger charge is -2.17. The monoisotopic (exact) mass is 640 g/mol. The normalized spacial score (nSPS) is 13.1. The van der Waals surface area contributed by atoms with Gasteiger partial charge in [-0.2, -0.15) is 13.2 Å². The molecule has 0 fully saturated rings. The number of hydrogen-bond donors (Lipinski definition) is 4. The lowest BCUT2D eigenvalue weighted by atomic mass is 10.1. The van der Waals surface area contributed by atoms with Crippen LogP contribution in [0.15, 0.2) is 46.3 Å². The van der Waals surface area contributed by atoms with Gasteiger partial charge >= 0.3 is 12.1 Å². The minimum Gasteiger partial charge on any atom is -0.505 e. The van der Waals surface area contributed by atoms with Gasteiger partial charge in [-0.25, -0.2) is 13.2 Å². The van der Waals surface area contributed by atoms with Gasteiger partial charge in [0.15, 0.2) is 15.6 Å². The van der Waals surface area contributed by atoms with Gasteiger partial charge < -0.3 is 25.7 Å². The molecule has 1 amide bonds. The van der Waals surface area contributed by atoms with Gasteiger partial charge in [0.2, 0.25) is 5.91 Å². The fourth-order valence-electron chi connectivity index (χ4n) is 3.41. The first-order valence-electron chi connectivity index (χ1n) is 12.1. The molecule has 0 unspecified atom stereocenters. The fraction of sp³-hybridized carbons (Fsp3) is 0.400. The number of amides is 1. The summed E-state index contributed by atoms with van der Waals surface area (Å²) >= 11 is 11.6. The van der Waals surface area contributed by atoms with Crippen LogP contribution in [0.4, 0.5) is 13.2 Å². The quantitative estimate of drug-likeness (QED) is 0.273. The number of amidine groups is 1. The second-order valence-electron chi connectivity index (χ2n) is 8.82. The smallest absolute Gasteiger partial charge is 0.490 e. The summed E-state index contributed by atoms with van der Waals surface area (Å²) in [7, 11) is -1.92. The maximum atomic E-state index is 12.4. The summed E-state index contributed by atoms with van der Waals surface area (Å²) in [5.41, 5.74) is 2.21. The highest BCUT2D eigenvalue weighted by molar-refractivity contribution is 7.91. The first-order valence-corrected chi connectivity index (χ1v) is 14.6. The van der Waals surface area contributed by atoms with E-state index in [-0.39, 0.29) is 32.5 Å². The van der Waals surface area contributed by atoms with Crippen molar-refractivity contribution in [2.24, 2.45) is 4.99 Å². The number of carbonyl (C=O) groups excluding carboxylic acids is 1. The summed E-state index contributed by atoms with van der Waals surface area (Å²) in [6.45, 7) is 2.63. The van der Waals surface area contributed by atoms with E-state index in [4.69, 9.17) is 33.1 Å². The minimum absolute atomic E-state index is 0.00267. The number of phenols is 1. The van der Waals surface area contributed by atoms with Crippen molar-refractivity contribution >= 4 is 50.8 Å². The van der Waals surface area contributed by atoms with E-state index in [1.165, 1.54) is 0 Å². The van der Waals surface area contributed by atoms with E-state index in [9.17, 15) is 31.5 Å². The van der Waals surface area contributed by atoms with Crippen LogP contribution in [0.3, 0.4) is 0 Å². The Labute approximate surface area is 245 Å². The minimum atomic E-state index is -5.08. The van der Waals surface area contributed by atoms with Crippen molar-refractivity contribution in [1.29, 1.82) is 0 Å². The number of hydrogen-bond acceptors (Lipinski definition) is 8. The number of aromatic hydroxyl groups is 1. The van der Waals surface area contributed by atoms with Gasteiger partial charge in [-0.05, 0) is 37.1 Å². The van der Waals surface area contributed by atoms with Crippen LogP contribution < -0.4 is 10.6 Å². The predicted octanol–water partition coefficient (Wildman–Crippen LogP) is 3.48. The van der Waals surface area contributed by atoms with Crippen LogP contribution in [0.5, 0.6) is 5.75 Å². The molecule has 2 aromatic rings. The van der Waals surface area contributed by atoms with Crippen molar-refractivity contribution in [3.63, 3.8) is 0 Å². The number of aliphatic imine (C=N–C) groups is 1. The second-order valence-corrected chi connectivity index (χ2v) is 11.6. The average Bonchev–Trinajstić information content (AvgIpc) is 3.45. The van der Waals surface area contributed by atoms with Crippen molar-refractivity contribution in [3.05, 3.63) is 57.6 Å². The van der Waals surface area contributed by atoms with Crippen LogP contribution in [0.1, 0.15) is 24.0 Å². The molecule has 0 aromatic heterocycles. The molecule has 0 aliphatic carbocycles. The van der Waals surface area contributed by atoms with E-state index in [2.05, 4.69) is 27.8 Å². The molecule has 0 atom stereocenters. The Morgan fingerprint density at radius 1 is 1.15 bits per heavy atom. The van der Waals surface area contributed by atoms with Crippen LogP contribution in [-0.2, 0) is 25.8 Å². The molecule has 0 spiro atoms. The molecule has 4 N–H and O–H groups in total. The first kappa shape index (κ1) is 34.1. The molecular weight excluding hydrogens is 612 g/mol. The average molecular weight is 641 g/mol. The number of carbonyl (C=O) groups is 2. The van der Waals surface area contributed by atoms with Crippen LogP contribution in [0.2, 0.25) is 10.0 Å². The second kappa shape index (κ2) is 15.2. The van der Waals surface area contributed by atoms with E-state index in [1.54, 1.807) is 11.9 Å². The Bertz CT molecular complexity index is 1330. The molecule has 0 saturated heterocycles. The van der Waals surface area contributed by atoms with Gasteiger partial charge in [0.1, 0.15) is 11.7 Å². The van der Waals surface area contributed by atoms with Crippen LogP contribution in [-0.4, -0.2) is 86.5 Å². The van der Waals surface area contributed by atoms with E-state index < -0.39 is 22.0 Å². The number of halogens is 5. The number of phenolic OH excluding ortho intramolecular Hbond substituents is 1. The van der Waals surface area contributed by atoms with Gasteiger partial charge in [-0.1, -0.05) is 47.5 Å². The van der Waals surface area contributed by atoms with E-state index in [0.717, 1.165) is 48.6 Å². The molecule has 10 nitrogen and oxygen atoms in total. The van der Waals surface area contributed by atoms with Crippen LogP contribution in [0, 0.1) is 0 Å². The number of carboxylic acid groups (broad SMARTS) is 1. The maximum absolute atomic E-state index is 12.4. The molecule has 2 aromatic carbocycles. The van der Waals surface area contributed by atoms with Crippen molar-refractivity contribution in [3.8, 4) is 5.75 Å². The Morgan fingerprint density at radius 2 is 1.73 bits per heavy atom. The molecule has 1 aliphatic heterocycles. The maximum Gasteiger partial charge on any atom is 0.490 e. The van der Waals surface area contributed by atoms with Crippen LogP contribution in [0.25, 0.3) is 0 Å². The Hall–Kier alpha value is -3.07. The molecule has 0 bridgehead atoms. The highest BCUT2D eigenvalue weighted by Gasteiger charge is 2.38. The van der Waals surface area contributed by atoms with E-state index >= 15 is 0 Å². The fourth-order valence-corrected chi connectivity index (χ4v) is 5.20. The number of nitrogens with one attached hydrogen (secondary N) is 2. The summed E-state index contributed by atoms with van der Waals surface area (Å²) in [6, 6.07) is 10.5. The third-order valence-corrected chi connectivity index (χ3v) is 7.81. The van der Waals surface area contributed by atoms with Gasteiger partial charge in [0, 0.05) is 32.1 Å². The first-order chi connectivity index (χ1) is 19.1. The topological polar surface area (TPSA) is 148 Å². The highest BCUT2D eigenvalue weighted by atomic mass is 35.5. The highest BCUT2D eigenvalue weighted by Crippen LogP contribution is 2.34. The zero-order valence-electron chi connectivity index (χ0n) is 21.8. The van der Waals surface area contributed by atoms with Gasteiger partial charge in [0.25, 0.3) is 0 Å². The van der Waals surface area contributed by atoms with Crippen molar-refractivity contribution in [2.75, 3.05) is 39.1 Å². The zero-order chi connectivity index (χ0) is 30.8. The van der Waals surface area contributed by atoms with Crippen molar-refractivity contribution in [1.82, 2.24) is 15.5 Å². The molecule has 1 aliphatic rings. The van der Waals surface area contributed by atoms with Crippen LogP contribution >= 0.6 is 23.2 Å². The standard InChI is InChI=1S/C23H28Cl2N4O4S.C2HF3O2/c1-29(12-8-16-4-6-17(7-5-16)23-27-10-11-28-23)21(30)3-2-9-26-15-34(32,33)18-13-19(24)22(31)20(25)14-18;3-2(4,5)1(6)7/h4-7,13-14,26,31H,2-3,8-12,15H2,1H3,(H,27,28);(H,6,7). The van der Waals surface area contributed by atoms with Crippen molar-refractivity contribution in [2.45, 2.75) is 30.3 Å². The molecular formula is C25H29Cl2F3N4O6S. The summed E-state index contributed by atoms with van der Waals surface area (Å²) in [5, 5.41) is 22.5. The van der Waals surface area contributed by atoms with Gasteiger partial charge in [-0.3, -0.25) is 9.79 Å². The summed E-state index contributed by atoms with van der Waals surface area (Å²) in [5.74, 6) is -2.51. The molecule has 16 heteroatoms. The van der Waals surface area contributed by atoms with Gasteiger partial charge in [-0.15, -0.1) is 0 Å². The molecule has 3 rings (SSSR count). The SMILES string of the molecule is CN(CCc1ccc(C2=NCCN2)cc1)C(=O)CCCNCS(=O)(=O)c1cc(Cl)c(O)c(Cl)c1.O=C(O)C(F)(F)F. The third kappa shape index (κ3) is 11.0. The summed E-state index contributed by atoms with van der Waals surface area (Å²) in [6.07, 6.45) is -3.53.